The van der Waals surface area contributed by atoms with Gasteiger partial charge in [-0.3, -0.25) is 14.2 Å². The van der Waals surface area contributed by atoms with Crippen LogP contribution in [0.15, 0.2) is 69.5 Å². The Bertz CT molecular complexity index is 1940. The smallest absolute Gasteiger partial charge is 0.340 e. The highest BCUT2D eigenvalue weighted by atomic mass is 19.1. The Morgan fingerprint density at radius 2 is 1.75 bits per heavy atom. The van der Waals surface area contributed by atoms with Crippen molar-refractivity contribution in [3.05, 3.63) is 104 Å². The molecule has 44 heavy (non-hydrogen) atoms. The lowest BCUT2D eigenvalue weighted by atomic mass is 9.90. The monoisotopic (exact) mass is 599 g/mol. The largest absolute Gasteiger partial charge is 0.496 e. The van der Waals surface area contributed by atoms with Gasteiger partial charge in [0.25, 0.3) is 11.5 Å². The van der Waals surface area contributed by atoms with Crippen LogP contribution in [0, 0.1) is 19.7 Å². The number of methoxy groups -OCH3 is 1. The van der Waals surface area contributed by atoms with Gasteiger partial charge in [-0.25, -0.2) is 14.0 Å². The molecule has 0 saturated carbocycles. The van der Waals surface area contributed by atoms with Gasteiger partial charge >= 0.3 is 11.7 Å². The van der Waals surface area contributed by atoms with Crippen molar-refractivity contribution >= 4 is 23.3 Å². The molecule has 2 heterocycles. The topological polar surface area (TPSA) is 144 Å². The van der Waals surface area contributed by atoms with Gasteiger partial charge in [-0.15, -0.1) is 0 Å². The molecule has 4 aromatic rings. The zero-order valence-electron chi connectivity index (χ0n) is 24.5. The van der Waals surface area contributed by atoms with Crippen LogP contribution in [0.25, 0.3) is 22.3 Å². The number of aromatic amines is 1. The standard InChI is InChI=1S/C32H30FN5O6/c1-17-21(19-11-26(33)24(28(12-19)43-4)15-34-14-20-13-29(39)44-37-20)7-5-8-22(17)23-9-6-10-27(18(23)2)36-30(40)25-16-35-32(42)38(3)31(25)41/h5-12,16,34H,13-15H2,1-4H3,(H,35,42)(H,36,40). The van der Waals surface area contributed by atoms with Crippen LogP contribution in [0.2, 0.25) is 0 Å². The number of H-pyrrole nitrogens is 1. The summed E-state index contributed by atoms with van der Waals surface area (Å²) in [6.07, 6.45) is 1.20. The third kappa shape index (κ3) is 5.92. The lowest BCUT2D eigenvalue weighted by molar-refractivity contribution is -0.140. The number of nitrogens with one attached hydrogen (secondary N) is 3. The molecular formula is C32H30FN5O6. The fourth-order valence-corrected chi connectivity index (χ4v) is 5.11. The van der Waals surface area contributed by atoms with Gasteiger partial charge in [0.05, 0.1) is 19.2 Å². The number of carbonyl (C=O) groups is 2. The summed E-state index contributed by atoms with van der Waals surface area (Å²) in [4.78, 5) is 55.3. The molecular weight excluding hydrogens is 569 g/mol. The number of benzene rings is 3. The highest BCUT2D eigenvalue weighted by Gasteiger charge is 2.20. The maximum absolute atomic E-state index is 15.4. The second kappa shape index (κ2) is 12.5. The molecule has 11 nitrogen and oxygen atoms in total. The third-order valence-electron chi connectivity index (χ3n) is 7.57. The minimum Gasteiger partial charge on any atom is -0.496 e. The molecule has 1 aliphatic rings. The average molecular weight is 600 g/mol. The number of oxime groups is 1. The van der Waals surface area contributed by atoms with Gasteiger partial charge in [-0.05, 0) is 65.4 Å². The number of nitrogens with zero attached hydrogens (tertiary/aromatic N) is 2. The van der Waals surface area contributed by atoms with Crippen molar-refractivity contribution in [2.24, 2.45) is 12.2 Å². The average Bonchev–Trinajstić information content (AvgIpc) is 3.42. The van der Waals surface area contributed by atoms with E-state index in [0.717, 1.165) is 38.6 Å². The number of rotatable bonds is 9. The molecule has 1 aliphatic heterocycles. The van der Waals surface area contributed by atoms with Gasteiger partial charge in [0.15, 0.2) is 0 Å². The van der Waals surface area contributed by atoms with E-state index in [1.807, 2.05) is 38.1 Å². The molecule has 0 saturated heterocycles. The Morgan fingerprint density at radius 3 is 2.45 bits per heavy atom. The minimum atomic E-state index is -0.706. The highest BCUT2D eigenvalue weighted by Crippen LogP contribution is 2.37. The molecule has 226 valence electrons. The first-order valence-electron chi connectivity index (χ1n) is 13.7. The molecule has 0 spiro atoms. The third-order valence-corrected chi connectivity index (χ3v) is 7.57. The van der Waals surface area contributed by atoms with Crippen molar-refractivity contribution in [1.29, 1.82) is 0 Å². The van der Waals surface area contributed by atoms with Crippen LogP contribution < -0.4 is 26.6 Å². The molecule has 3 N–H and O–H groups in total. The van der Waals surface area contributed by atoms with E-state index in [1.54, 1.807) is 18.2 Å². The molecule has 12 heteroatoms. The number of hydrogen-bond acceptors (Lipinski definition) is 8. The number of halogens is 1. The Kier molecular flexibility index (Phi) is 8.54. The van der Waals surface area contributed by atoms with E-state index in [2.05, 4.69) is 25.6 Å². The van der Waals surface area contributed by atoms with Crippen LogP contribution in [0.3, 0.4) is 0 Å². The summed E-state index contributed by atoms with van der Waals surface area (Å²) < 4.78 is 21.8. The number of amides is 1. The molecule has 0 fully saturated rings. The van der Waals surface area contributed by atoms with Crippen LogP contribution in [-0.4, -0.2) is 40.8 Å². The zero-order valence-corrected chi connectivity index (χ0v) is 24.5. The van der Waals surface area contributed by atoms with Gasteiger partial charge in [0.1, 0.15) is 17.1 Å². The first-order valence-corrected chi connectivity index (χ1v) is 13.7. The van der Waals surface area contributed by atoms with Gasteiger partial charge in [-0.2, -0.15) is 0 Å². The number of ether oxygens (including phenoxy) is 1. The van der Waals surface area contributed by atoms with Gasteiger partial charge in [-0.1, -0.05) is 35.5 Å². The Balaban J connectivity index is 1.43. The molecule has 0 atom stereocenters. The second-order valence-corrected chi connectivity index (χ2v) is 10.3. The predicted molar refractivity (Wildman–Crippen MR) is 163 cm³/mol. The quantitative estimate of drug-likeness (QED) is 0.248. The molecule has 0 bridgehead atoms. The summed E-state index contributed by atoms with van der Waals surface area (Å²) >= 11 is 0. The van der Waals surface area contributed by atoms with E-state index in [1.165, 1.54) is 20.2 Å². The first kappa shape index (κ1) is 30.1. The summed E-state index contributed by atoms with van der Waals surface area (Å²) in [5, 5.41) is 9.55. The molecule has 3 aromatic carbocycles. The first-order chi connectivity index (χ1) is 21.1. The van der Waals surface area contributed by atoms with Crippen LogP contribution >= 0.6 is 0 Å². The normalized spacial score (nSPS) is 12.6. The maximum Gasteiger partial charge on any atom is 0.340 e. The van der Waals surface area contributed by atoms with Crippen molar-refractivity contribution in [3.63, 3.8) is 0 Å². The van der Waals surface area contributed by atoms with E-state index in [4.69, 9.17) is 4.74 Å². The van der Waals surface area contributed by atoms with Crippen LogP contribution in [0.4, 0.5) is 10.1 Å². The molecule has 5 rings (SSSR count). The second-order valence-electron chi connectivity index (χ2n) is 10.3. The van der Waals surface area contributed by atoms with E-state index in [-0.39, 0.29) is 25.1 Å². The molecule has 0 unspecified atom stereocenters. The maximum atomic E-state index is 15.4. The lowest BCUT2D eigenvalue weighted by Gasteiger charge is -2.18. The number of aromatic nitrogens is 2. The Hall–Kier alpha value is -5.36. The zero-order chi connectivity index (χ0) is 31.5. The van der Waals surface area contributed by atoms with Crippen molar-refractivity contribution in [2.45, 2.75) is 26.8 Å². The summed E-state index contributed by atoms with van der Waals surface area (Å²) in [6.45, 7) is 4.22. The van der Waals surface area contributed by atoms with E-state index in [9.17, 15) is 19.2 Å². The number of carbonyl (C=O) groups excluding carboxylic acids is 2. The molecule has 1 amide bonds. The van der Waals surface area contributed by atoms with Gasteiger partial charge in [0, 0.05) is 37.6 Å². The minimum absolute atomic E-state index is 0.102. The van der Waals surface area contributed by atoms with Crippen molar-refractivity contribution in [2.75, 3.05) is 19.0 Å². The summed E-state index contributed by atoms with van der Waals surface area (Å²) in [6, 6.07) is 14.4. The molecule has 0 aliphatic carbocycles. The van der Waals surface area contributed by atoms with Crippen molar-refractivity contribution in [3.8, 4) is 28.0 Å². The highest BCUT2D eigenvalue weighted by molar-refractivity contribution is 6.05. The van der Waals surface area contributed by atoms with E-state index < -0.39 is 28.9 Å². The van der Waals surface area contributed by atoms with Crippen LogP contribution in [-0.2, 0) is 23.2 Å². The summed E-state index contributed by atoms with van der Waals surface area (Å²) in [5.41, 5.74) is 4.61. The van der Waals surface area contributed by atoms with Gasteiger partial charge in [0.2, 0.25) is 0 Å². The Labute approximate surface area is 251 Å². The molecule has 0 radical (unpaired) electrons. The van der Waals surface area contributed by atoms with Crippen molar-refractivity contribution < 1.29 is 23.6 Å². The van der Waals surface area contributed by atoms with Gasteiger partial charge < -0.3 is 25.2 Å². The number of hydrogen-bond donors (Lipinski definition) is 3. The summed E-state index contributed by atoms with van der Waals surface area (Å²) in [7, 11) is 2.77. The molecule has 1 aromatic heterocycles. The fourth-order valence-electron chi connectivity index (χ4n) is 5.11. The Morgan fingerprint density at radius 1 is 1.05 bits per heavy atom. The summed E-state index contributed by atoms with van der Waals surface area (Å²) in [5.74, 6) is -1.15. The SMILES string of the molecule is COc1cc(-c2cccc(-c3cccc(NC(=O)c4c[nH]c(=O)n(C)c4=O)c3C)c2C)cc(F)c1CNCC1=NOC(=O)C1. The van der Waals surface area contributed by atoms with E-state index >= 15 is 4.39 Å². The predicted octanol–water partition coefficient (Wildman–Crippen LogP) is 3.82. The van der Waals surface area contributed by atoms with Crippen molar-refractivity contribution in [1.82, 2.24) is 14.9 Å². The number of anilines is 1. The van der Waals surface area contributed by atoms with E-state index in [0.29, 0.717) is 28.3 Å². The van der Waals surface area contributed by atoms with Crippen LogP contribution in [0.5, 0.6) is 5.75 Å². The fraction of sp³-hybridized carbons (Fsp3) is 0.219. The van der Waals surface area contributed by atoms with Crippen LogP contribution in [0.1, 0.15) is 33.5 Å². The lowest BCUT2D eigenvalue weighted by Crippen LogP contribution is -2.37.